The molecular formula is C14H13IO3S. The van der Waals surface area contributed by atoms with Crippen molar-refractivity contribution in [2.45, 2.75) is 0 Å². The zero-order valence-corrected chi connectivity index (χ0v) is 13.4. The molecule has 0 saturated heterocycles. The number of para-hydroxylation sites is 1. The van der Waals surface area contributed by atoms with E-state index in [-0.39, 0.29) is 5.78 Å². The molecular weight excluding hydrogens is 375 g/mol. The van der Waals surface area contributed by atoms with Crippen molar-refractivity contribution in [3.05, 3.63) is 49.7 Å². The van der Waals surface area contributed by atoms with Gasteiger partial charge in [-0.3, -0.25) is 4.79 Å². The summed E-state index contributed by atoms with van der Waals surface area (Å²) in [7, 11) is 1.62. The molecule has 0 fully saturated rings. The van der Waals surface area contributed by atoms with Gasteiger partial charge in [0.05, 0.1) is 15.1 Å². The Kier molecular flexibility index (Phi) is 5.35. The Morgan fingerprint density at radius 1 is 1.32 bits per heavy atom. The van der Waals surface area contributed by atoms with E-state index < -0.39 is 0 Å². The molecule has 0 amide bonds. The van der Waals surface area contributed by atoms with E-state index in [1.165, 1.54) is 0 Å². The first-order valence-corrected chi connectivity index (χ1v) is 7.67. The van der Waals surface area contributed by atoms with Gasteiger partial charge in [-0.05, 0) is 40.8 Å². The number of rotatable bonds is 6. The summed E-state index contributed by atoms with van der Waals surface area (Å²) in [4.78, 5) is 12.4. The average molecular weight is 388 g/mol. The number of hydrogen-bond donors (Lipinski definition) is 0. The van der Waals surface area contributed by atoms with Crippen LogP contribution in [0.3, 0.4) is 0 Å². The molecule has 5 heteroatoms. The lowest BCUT2D eigenvalue weighted by atomic mass is 10.1. The first-order valence-electron chi connectivity index (χ1n) is 5.72. The van der Waals surface area contributed by atoms with E-state index in [1.807, 2.05) is 23.6 Å². The maximum absolute atomic E-state index is 12.4. The summed E-state index contributed by atoms with van der Waals surface area (Å²) in [5.74, 6) is 0.595. The minimum atomic E-state index is -0.00724. The van der Waals surface area contributed by atoms with Gasteiger partial charge >= 0.3 is 0 Å². The van der Waals surface area contributed by atoms with Crippen LogP contribution in [0.5, 0.6) is 5.75 Å². The molecule has 0 unspecified atom stereocenters. The average Bonchev–Trinajstić information content (AvgIpc) is 2.85. The molecule has 0 aliphatic heterocycles. The Morgan fingerprint density at radius 3 is 2.79 bits per heavy atom. The van der Waals surface area contributed by atoms with Crippen molar-refractivity contribution in [1.29, 1.82) is 0 Å². The largest absolute Gasteiger partial charge is 0.490 e. The molecule has 2 aromatic rings. The minimum Gasteiger partial charge on any atom is -0.490 e. The van der Waals surface area contributed by atoms with Gasteiger partial charge in [-0.1, -0.05) is 12.1 Å². The lowest BCUT2D eigenvalue weighted by Crippen LogP contribution is -2.08. The predicted octanol–water partition coefficient (Wildman–Crippen LogP) is 3.61. The highest BCUT2D eigenvalue weighted by atomic mass is 127. The monoisotopic (exact) mass is 388 g/mol. The van der Waals surface area contributed by atoms with Crippen molar-refractivity contribution < 1.29 is 14.3 Å². The van der Waals surface area contributed by atoms with E-state index in [1.54, 1.807) is 30.6 Å². The highest BCUT2D eigenvalue weighted by molar-refractivity contribution is 14.1. The molecule has 0 atom stereocenters. The lowest BCUT2D eigenvalue weighted by Gasteiger charge is -2.09. The van der Waals surface area contributed by atoms with Crippen LogP contribution < -0.4 is 4.74 Å². The summed E-state index contributed by atoms with van der Waals surface area (Å²) in [5, 5.41) is 1.87. The first kappa shape index (κ1) is 14.5. The number of benzene rings is 1. The van der Waals surface area contributed by atoms with Crippen LogP contribution in [0.25, 0.3) is 0 Å². The zero-order chi connectivity index (χ0) is 13.7. The van der Waals surface area contributed by atoms with Crippen LogP contribution in [0.4, 0.5) is 0 Å². The molecule has 100 valence electrons. The summed E-state index contributed by atoms with van der Waals surface area (Å²) in [5.41, 5.74) is 1.30. The van der Waals surface area contributed by atoms with E-state index in [2.05, 4.69) is 22.6 Å². The van der Waals surface area contributed by atoms with Crippen LogP contribution >= 0.6 is 33.9 Å². The van der Waals surface area contributed by atoms with E-state index in [9.17, 15) is 4.79 Å². The molecule has 0 spiro atoms. The van der Waals surface area contributed by atoms with Gasteiger partial charge in [0, 0.05) is 18.1 Å². The Labute approximate surface area is 129 Å². The molecule has 1 aromatic carbocycles. The number of ketones is 1. The van der Waals surface area contributed by atoms with Gasteiger partial charge in [-0.15, -0.1) is 11.3 Å². The number of ether oxygens (including phenoxy) is 2. The summed E-state index contributed by atoms with van der Waals surface area (Å²) < 4.78 is 11.6. The van der Waals surface area contributed by atoms with Crippen molar-refractivity contribution in [3.63, 3.8) is 0 Å². The molecule has 0 radical (unpaired) electrons. The molecule has 19 heavy (non-hydrogen) atoms. The first-order chi connectivity index (χ1) is 9.22. The van der Waals surface area contributed by atoms with E-state index in [0.29, 0.717) is 30.1 Å². The second-order valence-electron chi connectivity index (χ2n) is 3.81. The maximum Gasteiger partial charge on any atom is 0.197 e. The summed E-state index contributed by atoms with van der Waals surface area (Å²) >= 11 is 3.77. The molecule has 0 aliphatic carbocycles. The number of thiophene rings is 1. The number of halogens is 1. The Hall–Kier alpha value is -0.920. The third kappa shape index (κ3) is 3.77. The maximum atomic E-state index is 12.4. The van der Waals surface area contributed by atoms with Crippen LogP contribution in [-0.4, -0.2) is 26.1 Å². The third-order valence-electron chi connectivity index (χ3n) is 2.51. The highest BCUT2D eigenvalue weighted by Crippen LogP contribution is 2.24. The zero-order valence-electron chi connectivity index (χ0n) is 10.4. The molecule has 0 aliphatic rings. The number of carbonyl (C=O) groups is 1. The fraction of sp³-hybridized carbons (Fsp3) is 0.214. The van der Waals surface area contributed by atoms with E-state index in [4.69, 9.17) is 9.47 Å². The van der Waals surface area contributed by atoms with Crippen LogP contribution in [0.15, 0.2) is 35.7 Å². The second-order valence-corrected chi connectivity index (χ2v) is 6.61. The van der Waals surface area contributed by atoms with Crippen molar-refractivity contribution in [3.8, 4) is 5.75 Å². The summed E-state index contributed by atoms with van der Waals surface area (Å²) in [6.45, 7) is 0.931. The number of methoxy groups -OCH3 is 1. The number of hydrogen-bond acceptors (Lipinski definition) is 4. The Bertz CT molecular complexity index is 565. The van der Waals surface area contributed by atoms with E-state index >= 15 is 0 Å². The normalized spacial score (nSPS) is 10.4. The van der Waals surface area contributed by atoms with E-state index in [0.717, 1.165) is 2.88 Å². The molecule has 1 heterocycles. The molecule has 2 rings (SSSR count). The summed E-state index contributed by atoms with van der Waals surface area (Å²) in [6.07, 6.45) is 0. The standard InChI is InChI=1S/C14H13IO3S/c1-17-6-7-18-12-5-3-2-4-11(12)14(16)10-8-13(15)19-9-10/h2-5,8-9H,6-7H2,1H3. The minimum absolute atomic E-state index is 0.00724. The fourth-order valence-corrected chi connectivity index (χ4v) is 2.93. The topological polar surface area (TPSA) is 35.5 Å². The van der Waals surface area contributed by atoms with Crippen molar-refractivity contribution in [2.75, 3.05) is 20.3 Å². The quantitative estimate of drug-likeness (QED) is 0.431. The van der Waals surface area contributed by atoms with Gasteiger partial charge in [-0.25, -0.2) is 0 Å². The molecule has 0 N–H and O–H groups in total. The van der Waals surface area contributed by atoms with Gasteiger partial charge < -0.3 is 9.47 Å². The predicted molar refractivity (Wildman–Crippen MR) is 84.3 cm³/mol. The summed E-state index contributed by atoms with van der Waals surface area (Å²) in [6, 6.07) is 9.18. The molecule has 1 aromatic heterocycles. The van der Waals surface area contributed by atoms with Crippen LogP contribution in [0.2, 0.25) is 0 Å². The van der Waals surface area contributed by atoms with Crippen LogP contribution in [0.1, 0.15) is 15.9 Å². The van der Waals surface area contributed by atoms with Gasteiger partial charge in [0.1, 0.15) is 12.4 Å². The second kappa shape index (κ2) is 7.02. The lowest BCUT2D eigenvalue weighted by molar-refractivity contribution is 0.103. The molecule has 0 saturated carbocycles. The van der Waals surface area contributed by atoms with Crippen molar-refractivity contribution >= 4 is 39.7 Å². The molecule has 0 bridgehead atoms. The SMILES string of the molecule is COCCOc1ccccc1C(=O)c1csc(I)c1. The van der Waals surface area contributed by atoms with Crippen molar-refractivity contribution in [1.82, 2.24) is 0 Å². The van der Waals surface area contributed by atoms with Gasteiger partial charge in [0.15, 0.2) is 5.78 Å². The van der Waals surface area contributed by atoms with Crippen LogP contribution in [0, 0.1) is 2.88 Å². The van der Waals surface area contributed by atoms with Gasteiger partial charge in [0.2, 0.25) is 0 Å². The van der Waals surface area contributed by atoms with Gasteiger partial charge in [0.25, 0.3) is 0 Å². The Balaban J connectivity index is 2.21. The van der Waals surface area contributed by atoms with Crippen LogP contribution in [-0.2, 0) is 4.74 Å². The van der Waals surface area contributed by atoms with Crippen molar-refractivity contribution in [2.24, 2.45) is 0 Å². The Morgan fingerprint density at radius 2 is 2.11 bits per heavy atom. The highest BCUT2D eigenvalue weighted by Gasteiger charge is 2.15. The fourth-order valence-electron chi connectivity index (χ4n) is 1.60. The van der Waals surface area contributed by atoms with Gasteiger partial charge in [-0.2, -0.15) is 0 Å². The molecule has 3 nitrogen and oxygen atoms in total. The third-order valence-corrected chi connectivity index (χ3v) is 4.30. The number of carbonyl (C=O) groups excluding carboxylic acids is 1. The smallest absolute Gasteiger partial charge is 0.197 e.